The van der Waals surface area contributed by atoms with Crippen molar-refractivity contribution in [2.75, 3.05) is 0 Å². The maximum Gasteiger partial charge on any atom is 0.252 e. The number of benzene rings is 3. The summed E-state index contributed by atoms with van der Waals surface area (Å²) in [6.07, 6.45) is 0.369. The zero-order chi connectivity index (χ0) is 17.8. The topological polar surface area (TPSA) is 72.2 Å². The average molecular weight is 332 g/mol. The van der Waals surface area contributed by atoms with Crippen molar-refractivity contribution in [2.24, 2.45) is 5.73 Å². The Hall–Kier alpha value is -3.14. The van der Waals surface area contributed by atoms with Crippen LogP contribution < -0.4 is 11.1 Å². The molecule has 0 aromatic heterocycles. The van der Waals surface area contributed by atoms with Gasteiger partial charge in [0.2, 0.25) is 5.91 Å². The standard InChI is InChI=1S/C21H20N2O2/c1-14-6-4-7-15(12-14)13-19(20(22)24)23-21(25)18-11-5-9-16-8-2-3-10-17(16)18/h2-12,19H,13H2,1H3,(H2,22,24)(H,23,25)/t19-/m1/s1. The minimum atomic E-state index is -0.756. The van der Waals surface area contributed by atoms with Crippen molar-refractivity contribution in [2.45, 2.75) is 19.4 Å². The fourth-order valence-corrected chi connectivity index (χ4v) is 2.96. The lowest BCUT2D eigenvalue weighted by atomic mass is 10.0. The summed E-state index contributed by atoms with van der Waals surface area (Å²) in [5.41, 5.74) is 8.10. The summed E-state index contributed by atoms with van der Waals surface area (Å²) in [7, 11) is 0. The van der Waals surface area contributed by atoms with Gasteiger partial charge < -0.3 is 11.1 Å². The Morgan fingerprint density at radius 1 is 1.00 bits per heavy atom. The lowest BCUT2D eigenvalue weighted by Gasteiger charge is -2.17. The van der Waals surface area contributed by atoms with E-state index in [0.29, 0.717) is 12.0 Å². The summed E-state index contributed by atoms with van der Waals surface area (Å²) in [5, 5.41) is 4.60. The van der Waals surface area contributed by atoms with Crippen molar-refractivity contribution < 1.29 is 9.59 Å². The van der Waals surface area contributed by atoms with Gasteiger partial charge in [0.1, 0.15) is 6.04 Å². The van der Waals surface area contributed by atoms with Gasteiger partial charge in [-0.2, -0.15) is 0 Å². The SMILES string of the molecule is Cc1cccc(C[C@@H](NC(=O)c2cccc3ccccc23)C(N)=O)c1. The highest BCUT2D eigenvalue weighted by Crippen LogP contribution is 2.18. The molecule has 2 amide bonds. The Balaban J connectivity index is 1.84. The van der Waals surface area contributed by atoms with Crippen molar-refractivity contribution in [1.82, 2.24) is 5.32 Å². The monoisotopic (exact) mass is 332 g/mol. The number of aryl methyl sites for hydroxylation is 1. The highest BCUT2D eigenvalue weighted by Gasteiger charge is 2.20. The number of hydrogen-bond donors (Lipinski definition) is 2. The molecule has 0 saturated heterocycles. The normalized spacial score (nSPS) is 11.9. The molecule has 3 aromatic carbocycles. The van der Waals surface area contributed by atoms with Gasteiger partial charge in [-0.15, -0.1) is 0 Å². The van der Waals surface area contributed by atoms with Gasteiger partial charge in [-0.05, 0) is 29.3 Å². The Morgan fingerprint density at radius 3 is 2.48 bits per heavy atom. The first-order chi connectivity index (χ1) is 12.0. The van der Waals surface area contributed by atoms with E-state index in [1.54, 1.807) is 6.07 Å². The molecular weight excluding hydrogens is 312 g/mol. The summed E-state index contributed by atoms with van der Waals surface area (Å²) in [4.78, 5) is 24.5. The maximum atomic E-state index is 12.7. The summed E-state index contributed by atoms with van der Waals surface area (Å²) < 4.78 is 0. The average Bonchev–Trinajstić information content (AvgIpc) is 2.60. The highest BCUT2D eigenvalue weighted by atomic mass is 16.2. The molecule has 126 valence electrons. The molecule has 0 spiro atoms. The number of nitrogens with two attached hydrogens (primary N) is 1. The molecule has 3 rings (SSSR count). The second-order valence-corrected chi connectivity index (χ2v) is 6.15. The molecule has 0 heterocycles. The first kappa shape index (κ1) is 16.7. The van der Waals surface area contributed by atoms with Crippen LogP contribution in [-0.2, 0) is 11.2 Å². The molecule has 1 atom stereocenters. The second-order valence-electron chi connectivity index (χ2n) is 6.15. The van der Waals surface area contributed by atoms with Crippen molar-refractivity contribution in [3.8, 4) is 0 Å². The van der Waals surface area contributed by atoms with Crippen molar-refractivity contribution >= 4 is 22.6 Å². The summed E-state index contributed by atoms with van der Waals surface area (Å²) in [6, 6.07) is 20.2. The summed E-state index contributed by atoms with van der Waals surface area (Å²) in [6.45, 7) is 1.98. The van der Waals surface area contributed by atoms with E-state index < -0.39 is 11.9 Å². The molecule has 4 nitrogen and oxygen atoms in total. The van der Waals surface area contributed by atoms with Gasteiger partial charge in [0.05, 0.1) is 0 Å². The van der Waals surface area contributed by atoms with Crippen molar-refractivity contribution in [3.63, 3.8) is 0 Å². The summed E-state index contributed by atoms with van der Waals surface area (Å²) >= 11 is 0. The Bertz CT molecular complexity index is 929. The summed E-state index contributed by atoms with van der Waals surface area (Å²) in [5.74, 6) is -0.844. The molecule has 3 N–H and O–H groups in total. The zero-order valence-electron chi connectivity index (χ0n) is 14.0. The minimum absolute atomic E-state index is 0.298. The molecule has 0 saturated carbocycles. The predicted octanol–water partition coefficient (Wildman–Crippen LogP) is 2.97. The largest absolute Gasteiger partial charge is 0.368 e. The maximum absolute atomic E-state index is 12.7. The Labute approximate surface area is 146 Å². The number of rotatable bonds is 5. The fraction of sp³-hybridized carbons (Fsp3) is 0.143. The van der Waals surface area contributed by atoms with E-state index in [9.17, 15) is 9.59 Å². The van der Waals surface area contributed by atoms with E-state index in [4.69, 9.17) is 5.73 Å². The molecular formula is C21H20N2O2. The number of fused-ring (bicyclic) bond motifs is 1. The molecule has 0 bridgehead atoms. The van der Waals surface area contributed by atoms with E-state index in [1.807, 2.05) is 67.6 Å². The van der Waals surface area contributed by atoms with E-state index in [2.05, 4.69) is 5.32 Å². The van der Waals surface area contributed by atoms with Crippen LogP contribution in [-0.4, -0.2) is 17.9 Å². The third kappa shape index (κ3) is 3.86. The molecule has 0 unspecified atom stereocenters. The van der Waals surface area contributed by atoms with Crippen LogP contribution in [0.25, 0.3) is 10.8 Å². The second kappa shape index (κ2) is 7.18. The van der Waals surface area contributed by atoms with E-state index in [0.717, 1.165) is 21.9 Å². The number of carbonyl (C=O) groups is 2. The van der Waals surface area contributed by atoms with E-state index in [1.165, 1.54) is 0 Å². The van der Waals surface area contributed by atoms with Crippen LogP contribution in [0.15, 0.2) is 66.7 Å². The zero-order valence-corrected chi connectivity index (χ0v) is 14.0. The van der Waals surface area contributed by atoms with Gasteiger partial charge in [-0.1, -0.05) is 66.2 Å². The first-order valence-corrected chi connectivity index (χ1v) is 8.18. The Kier molecular flexibility index (Phi) is 4.80. The van der Waals surface area contributed by atoms with E-state index >= 15 is 0 Å². The van der Waals surface area contributed by atoms with Gasteiger partial charge in [0.25, 0.3) is 5.91 Å². The van der Waals surface area contributed by atoms with Gasteiger partial charge in [0.15, 0.2) is 0 Å². The number of amides is 2. The lowest BCUT2D eigenvalue weighted by molar-refractivity contribution is -0.119. The fourth-order valence-electron chi connectivity index (χ4n) is 2.96. The van der Waals surface area contributed by atoms with Crippen LogP contribution in [0.2, 0.25) is 0 Å². The highest BCUT2D eigenvalue weighted by molar-refractivity contribution is 6.08. The molecule has 0 fully saturated rings. The third-order valence-electron chi connectivity index (χ3n) is 4.21. The minimum Gasteiger partial charge on any atom is -0.368 e. The van der Waals surface area contributed by atoms with Crippen LogP contribution in [0, 0.1) is 6.92 Å². The predicted molar refractivity (Wildman–Crippen MR) is 99.3 cm³/mol. The van der Waals surface area contributed by atoms with Gasteiger partial charge in [0, 0.05) is 12.0 Å². The molecule has 3 aromatic rings. The van der Waals surface area contributed by atoms with Crippen LogP contribution in [0.5, 0.6) is 0 Å². The van der Waals surface area contributed by atoms with Crippen LogP contribution in [0.4, 0.5) is 0 Å². The van der Waals surface area contributed by atoms with Gasteiger partial charge in [-0.25, -0.2) is 0 Å². The number of primary amides is 1. The Morgan fingerprint density at radius 2 is 1.72 bits per heavy atom. The van der Waals surface area contributed by atoms with Crippen LogP contribution in [0.3, 0.4) is 0 Å². The lowest BCUT2D eigenvalue weighted by Crippen LogP contribution is -2.45. The number of nitrogens with one attached hydrogen (secondary N) is 1. The van der Waals surface area contributed by atoms with Crippen molar-refractivity contribution in [1.29, 1.82) is 0 Å². The van der Waals surface area contributed by atoms with Gasteiger partial charge >= 0.3 is 0 Å². The first-order valence-electron chi connectivity index (χ1n) is 8.18. The van der Waals surface area contributed by atoms with Gasteiger partial charge in [-0.3, -0.25) is 9.59 Å². The van der Waals surface area contributed by atoms with E-state index in [-0.39, 0.29) is 5.91 Å². The number of hydrogen-bond acceptors (Lipinski definition) is 2. The third-order valence-corrected chi connectivity index (χ3v) is 4.21. The van der Waals surface area contributed by atoms with Crippen LogP contribution >= 0.6 is 0 Å². The molecule has 0 aliphatic rings. The molecule has 0 aliphatic carbocycles. The van der Waals surface area contributed by atoms with Crippen LogP contribution in [0.1, 0.15) is 21.5 Å². The molecule has 0 aliphatic heterocycles. The molecule has 25 heavy (non-hydrogen) atoms. The quantitative estimate of drug-likeness (QED) is 0.754. The number of carbonyl (C=O) groups excluding carboxylic acids is 2. The van der Waals surface area contributed by atoms with Crippen molar-refractivity contribution in [3.05, 3.63) is 83.4 Å². The molecule has 0 radical (unpaired) electrons. The molecule has 4 heteroatoms. The smallest absolute Gasteiger partial charge is 0.252 e.